The van der Waals surface area contributed by atoms with Crippen molar-refractivity contribution in [3.8, 4) is 16.9 Å². The van der Waals surface area contributed by atoms with Crippen LogP contribution in [0.2, 0.25) is 0 Å². The van der Waals surface area contributed by atoms with Crippen LogP contribution in [0.1, 0.15) is 31.2 Å². The zero-order valence-electron chi connectivity index (χ0n) is 18.8. The maximum Gasteiger partial charge on any atom is 0.306 e. The molecule has 2 aliphatic rings. The van der Waals surface area contributed by atoms with Crippen molar-refractivity contribution < 1.29 is 36.2 Å². The van der Waals surface area contributed by atoms with Crippen LogP contribution >= 0.6 is 0 Å². The van der Waals surface area contributed by atoms with Gasteiger partial charge in [-0.15, -0.1) is 0 Å². The minimum atomic E-state index is -4.32. The number of rotatable bonds is 10. The molecule has 0 aromatic heterocycles. The fourth-order valence-electron chi connectivity index (χ4n) is 4.22. The van der Waals surface area contributed by atoms with E-state index in [4.69, 9.17) is 9.84 Å². The summed E-state index contributed by atoms with van der Waals surface area (Å²) >= 11 is 0. The van der Waals surface area contributed by atoms with Gasteiger partial charge in [0.15, 0.2) is 11.6 Å². The molecule has 3 unspecified atom stereocenters. The molecule has 1 saturated carbocycles. The van der Waals surface area contributed by atoms with Crippen LogP contribution in [-0.4, -0.2) is 55.9 Å². The van der Waals surface area contributed by atoms with Crippen molar-refractivity contribution in [2.45, 2.75) is 55.4 Å². The number of hydrogen-bond acceptors (Lipinski definition) is 5. The van der Waals surface area contributed by atoms with Gasteiger partial charge in [-0.3, -0.25) is 4.79 Å². The highest BCUT2D eigenvalue weighted by molar-refractivity contribution is 7.91. The molecule has 1 heterocycles. The summed E-state index contributed by atoms with van der Waals surface area (Å²) in [6.07, 6.45) is -1.62. The van der Waals surface area contributed by atoms with Gasteiger partial charge in [0.1, 0.15) is 6.17 Å². The molecule has 0 amide bonds. The zero-order valence-corrected chi connectivity index (χ0v) is 19.7. The second kappa shape index (κ2) is 10.2. The molecule has 2 fully saturated rings. The minimum absolute atomic E-state index is 0.0752. The van der Waals surface area contributed by atoms with Crippen LogP contribution in [0.4, 0.5) is 13.2 Å². The van der Waals surface area contributed by atoms with Crippen molar-refractivity contribution >= 4 is 16.0 Å². The smallest absolute Gasteiger partial charge is 0.306 e. The van der Waals surface area contributed by atoms with E-state index in [1.54, 1.807) is 30.3 Å². The first-order chi connectivity index (χ1) is 16.6. The van der Waals surface area contributed by atoms with Crippen molar-refractivity contribution in [2.75, 3.05) is 13.2 Å². The van der Waals surface area contributed by atoms with Gasteiger partial charge in [-0.05, 0) is 36.6 Å². The molecule has 190 valence electrons. The second-order valence-electron chi connectivity index (χ2n) is 8.91. The lowest BCUT2D eigenvalue weighted by Gasteiger charge is -2.36. The number of carbonyl (C=O) groups is 1. The number of benzene rings is 2. The van der Waals surface area contributed by atoms with E-state index in [1.165, 1.54) is 12.1 Å². The molecule has 0 radical (unpaired) electrons. The molecule has 1 saturated heterocycles. The number of carboxylic acids is 1. The van der Waals surface area contributed by atoms with E-state index in [1.807, 2.05) is 0 Å². The monoisotopic (exact) mass is 512 g/mol. The minimum Gasteiger partial charge on any atom is -0.489 e. The standard InChI is InChI=1S/C24H27F3N2O5S/c25-18-7-11-28-20(22(18)29-35(32,33)24(27)9-10-24)14-15-3-1-4-16(13-15)17-5-2-6-19(26)23(17)34-12-8-21(30)31/h1-6,13,18,20,22,28-29H,7-12,14H2,(H,30,31). The fraction of sp³-hybridized carbons (Fsp3) is 0.458. The number of aliphatic carboxylic acids is 1. The molecule has 4 rings (SSSR count). The number of sulfonamides is 1. The topological polar surface area (TPSA) is 105 Å². The van der Waals surface area contributed by atoms with E-state index in [-0.39, 0.29) is 44.5 Å². The predicted molar refractivity (Wildman–Crippen MR) is 124 cm³/mol. The maximum absolute atomic E-state index is 14.8. The lowest BCUT2D eigenvalue weighted by Crippen LogP contribution is -2.60. The van der Waals surface area contributed by atoms with E-state index >= 15 is 0 Å². The van der Waals surface area contributed by atoms with Crippen LogP contribution in [0, 0.1) is 5.82 Å². The summed E-state index contributed by atoms with van der Waals surface area (Å²) in [6, 6.07) is 9.60. The van der Waals surface area contributed by atoms with Gasteiger partial charge in [0.05, 0.1) is 19.1 Å². The van der Waals surface area contributed by atoms with Crippen LogP contribution in [0.3, 0.4) is 0 Å². The van der Waals surface area contributed by atoms with Crippen LogP contribution in [-0.2, 0) is 21.2 Å². The summed E-state index contributed by atoms with van der Waals surface area (Å²) in [4.78, 5) is 10.8. The second-order valence-corrected chi connectivity index (χ2v) is 10.9. The summed E-state index contributed by atoms with van der Waals surface area (Å²) in [7, 11) is -4.32. The zero-order chi connectivity index (χ0) is 25.2. The van der Waals surface area contributed by atoms with Crippen molar-refractivity contribution in [1.29, 1.82) is 0 Å². The Kier molecular flexibility index (Phi) is 7.39. The molecule has 11 heteroatoms. The number of nitrogens with one attached hydrogen (secondary N) is 2. The first-order valence-corrected chi connectivity index (χ1v) is 12.9. The highest BCUT2D eigenvalue weighted by Crippen LogP contribution is 2.44. The van der Waals surface area contributed by atoms with E-state index in [9.17, 15) is 26.4 Å². The Balaban J connectivity index is 1.55. The Labute approximate surface area is 201 Å². The van der Waals surface area contributed by atoms with Crippen LogP contribution in [0.15, 0.2) is 42.5 Å². The molecule has 1 aliphatic carbocycles. The molecule has 3 atom stereocenters. The van der Waals surface area contributed by atoms with Gasteiger partial charge < -0.3 is 15.2 Å². The van der Waals surface area contributed by atoms with E-state index in [0.717, 1.165) is 5.56 Å². The molecule has 0 bridgehead atoms. The first kappa shape index (κ1) is 25.5. The van der Waals surface area contributed by atoms with Gasteiger partial charge in [-0.1, -0.05) is 36.4 Å². The SMILES string of the molecule is O=C(O)CCOc1c(F)cccc1-c1cccc(CC2NCCC(F)C2NS(=O)(=O)C2(F)CC2)c1. The Morgan fingerprint density at radius 2 is 1.97 bits per heavy atom. The Morgan fingerprint density at radius 3 is 2.69 bits per heavy atom. The van der Waals surface area contributed by atoms with Gasteiger partial charge in [0, 0.05) is 24.4 Å². The summed E-state index contributed by atoms with van der Waals surface area (Å²) in [6.45, 7) is 0.140. The molecule has 2 aromatic rings. The number of halogens is 3. The Bertz CT molecular complexity index is 1190. The third-order valence-corrected chi connectivity index (χ3v) is 8.24. The summed E-state index contributed by atoms with van der Waals surface area (Å²) in [5, 5.41) is 9.63. The fourth-order valence-corrected chi connectivity index (χ4v) is 5.74. The van der Waals surface area contributed by atoms with Gasteiger partial charge in [0.2, 0.25) is 15.0 Å². The molecule has 0 spiro atoms. The van der Waals surface area contributed by atoms with Gasteiger partial charge >= 0.3 is 5.97 Å². The van der Waals surface area contributed by atoms with Gasteiger partial charge in [0.25, 0.3) is 0 Å². The quantitative estimate of drug-likeness (QED) is 0.451. The van der Waals surface area contributed by atoms with E-state index in [0.29, 0.717) is 17.7 Å². The molecular weight excluding hydrogens is 485 g/mol. The summed E-state index contributed by atoms with van der Waals surface area (Å²) in [5.74, 6) is -1.78. The maximum atomic E-state index is 14.8. The summed E-state index contributed by atoms with van der Waals surface area (Å²) < 4.78 is 76.0. The highest BCUT2D eigenvalue weighted by atomic mass is 32.2. The molecular formula is C24H27F3N2O5S. The van der Waals surface area contributed by atoms with Crippen LogP contribution < -0.4 is 14.8 Å². The number of ether oxygens (including phenoxy) is 1. The van der Waals surface area contributed by atoms with Gasteiger partial charge in [-0.25, -0.2) is 26.3 Å². The average molecular weight is 513 g/mol. The summed E-state index contributed by atoms with van der Waals surface area (Å²) in [5.41, 5.74) is 1.74. The third-order valence-electron chi connectivity index (χ3n) is 6.29. The van der Waals surface area contributed by atoms with Crippen molar-refractivity contribution in [3.05, 3.63) is 53.8 Å². The van der Waals surface area contributed by atoms with E-state index in [2.05, 4.69) is 10.0 Å². The van der Waals surface area contributed by atoms with E-state index < -0.39 is 45.1 Å². The molecule has 2 aromatic carbocycles. The predicted octanol–water partition coefficient (Wildman–Crippen LogP) is 3.34. The van der Waals surface area contributed by atoms with Crippen LogP contribution in [0.5, 0.6) is 5.75 Å². The lowest BCUT2D eigenvalue weighted by molar-refractivity contribution is -0.137. The van der Waals surface area contributed by atoms with Gasteiger partial charge in [-0.2, -0.15) is 0 Å². The highest BCUT2D eigenvalue weighted by Gasteiger charge is 2.57. The molecule has 1 aliphatic heterocycles. The number of piperidine rings is 1. The third kappa shape index (κ3) is 5.79. The number of alkyl halides is 2. The van der Waals surface area contributed by atoms with Crippen molar-refractivity contribution in [3.63, 3.8) is 0 Å². The van der Waals surface area contributed by atoms with Crippen molar-refractivity contribution in [1.82, 2.24) is 10.0 Å². The molecule has 35 heavy (non-hydrogen) atoms. The molecule has 3 N–H and O–H groups in total. The first-order valence-electron chi connectivity index (χ1n) is 11.4. The average Bonchev–Trinajstić information content (AvgIpc) is 3.56. The number of carboxylic acid groups (broad SMARTS) is 1. The van der Waals surface area contributed by atoms with Crippen LogP contribution in [0.25, 0.3) is 11.1 Å². The Hall–Kier alpha value is -2.63. The number of hydrogen-bond donors (Lipinski definition) is 3. The lowest BCUT2D eigenvalue weighted by atomic mass is 9.91. The van der Waals surface area contributed by atoms with Crippen molar-refractivity contribution in [2.24, 2.45) is 0 Å². The number of para-hydroxylation sites is 1. The molecule has 7 nitrogen and oxygen atoms in total. The normalized spacial score (nSPS) is 23.6. The Morgan fingerprint density at radius 1 is 1.23 bits per heavy atom. The largest absolute Gasteiger partial charge is 0.489 e.